The SMILES string of the molecule is COc1ccc(S(=O)(=O)N(CCc2ccccc2)CC(=O)N2CCN(Cc3ccccc3)CC2)cc1. The molecule has 3 aromatic rings. The highest BCUT2D eigenvalue weighted by Crippen LogP contribution is 2.20. The van der Waals surface area contributed by atoms with Crippen molar-refractivity contribution in [3.8, 4) is 5.75 Å². The quantitative estimate of drug-likeness (QED) is 0.421. The lowest BCUT2D eigenvalue weighted by atomic mass is 10.1. The highest BCUT2D eigenvalue weighted by Gasteiger charge is 2.29. The Hall–Kier alpha value is -3.20. The van der Waals surface area contributed by atoms with Crippen molar-refractivity contribution >= 4 is 15.9 Å². The molecule has 0 saturated carbocycles. The smallest absolute Gasteiger partial charge is 0.243 e. The molecule has 0 unspecified atom stereocenters. The molecule has 0 aromatic heterocycles. The number of rotatable bonds is 10. The minimum atomic E-state index is -3.86. The van der Waals surface area contributed by atoms with Crippen LogP contribution in [0.4, 0.5) is 0 Å². The third-order valence-electron chi connectivity index (χ3n) is 6.48. The van der Waals surface area contributed by atoms with E-state index in [-0.39, 0.29) is 23.9 Å². The molecular formula is C28H33N3O4S. The van der Waals surface area contributed by atoms with Crippen LogP contribution in [-0.2, 0) is 27.8 Å². The highest BCUT2D eigenvalue weighted by atomic mass is 32.2. The summed E-state index contributed by atoms with van der Waals surface area (Å²) in [6.45, 7) is 3.57. The van der Waals surface area contributed by atoms with Gasteiger partial charge in [-0.15, -0.1) is 0 Å². The van der Waals surface area contributed by atoms with Gasteiger partial charge in [-0.1, -0.05) is 60.7 Å². The van der Waals surface area contributed by atoms with E-state index in [4.69, 9.17) is 4.74 Å². The van der Waals surface area contributed by atoms with Crippen LogP contribution in [0.15, 0.2) is 89.8 Å². The van der Waals surface area contributed by atoms with Crippen molar-refractivity contribution in [3.63, 3.8) is 0 Å². The standard InChI is InChI=1S/C28H33N3O4S/c1-35-26-12-14-27(15-13-26)36(33,34)31(17-16-24-8-4-2-5-9-24)23-28(32)30-20-18-29(19-21-30)22-25-10-6-3-7-11-25/h2-15H,16-23H2,1H3. The van der Waals surface area contributed by atoms with Gasteiger partial charge in [0.2, 0.25) is 15.9 Å². The van der Waals surface area contributed by atoms with Gasteiger partial charge in [0.05, 0.1) is 18.6 Å². The van der Waals surface area contributed by atoms with Gasteiger partial charge in [0.15, 0.2) is 0 Å². The van der Waals surface area contributed by atoms with Gasteiger partial charge in [0.1, 0.15) is 5.75 Å². The monoisotopic (exact) mass is 507 g/mol. The van der Waals surface area contributed by atoms with Crippen LogP contribution >= 0.6 is 0 Å². The molecule has 0 atom stereocenters. The van der Waals surface area contributed by atoms with Crippen LogP contribution in [0, 0.1) is 0 Å². The van der Waals surface area contributed by atoms with Gasteiger partial charge in [-0.05, 0) is 41.8 Å². The first-order chi connectivity index (χ1) is 17.5. The van der Waals surface area contributed by atoms with E-state index >= 15 is 0 Å². The lowest BCUT2D eigenvalue weighted by molar-refractivity contribution is -0.133. The third kappa shape index (κ3) is 6.72. The minimum Gasteiger partial charge on any atom is -0.497 e. The lowest BCUT2D eigenvalue weighted by Gasteiger charge is -2.35. The molecule has 0 spiro atoms. The zero-order valence-corrected chi connectivity index (χ0v) is 21.4. The number of carbonyl (C=O) groups excluding carboxylic acids is 1. The Bertz CT molecular complexity index is 1210. The summed E-state index contributed by atoms with van der Waals surface area (Å²) in [6.07, 6.45) is 0.522. The average molecular weight is 508 g/mol. The summed E-state index contributed by atoms with van der Waals surface area (Å²) in [7, 11) is -2.33. The number of methoxy groups -OCH3 is 1. The molecule has 8 heteroatoms. The van der Waals surface area contributed by atoms with Gasteiger partial charge >= 0.3 is 0 Å². The fourth-order valence-corrected chi connectivity index (χ4v) is 5.72. The van der Waals surface area contributed by atoms with Crippen molar-refractivity contribution in [3.05, 3.63) is 96.1 Å². The second-order valence-corrected chi connectivity index (χ2v) is 10.8. The maximum absolute atomic E-state index is 13.5. The van der Waals surface area contributed by atoms with E-state index < -0.39 is 10.0 Å². The van der Waals surface area contributed by atoms with E-state index in [1.807, 2.05) is 48.5 Å². The highest BCUT2D eigenvalue weighted by molar-refractivity contribution is 7.89. The summed E-state index contributed by atoms with van der Waals surface area (Å²) >= 11 is 0. The molecule has 0 aliphatic carbocycles. The first-order valence-electron chi connectivity index (χ1n) is 12.2. The molecule has 4 rings (SSSR count). The van der Waals surface area contributed by atoms with Crippen LogP contribution in [-0.4, -0.2) is 74.8 Å². The second-order valence-electron chi connectivity index (χ2n) is 8.89. The summed E-state index contributed by atoms with van der Waals surface area (Å²) < 4.78 is 33.5. The Morgan fingerprint density at radius 3 is 2.00 bits per heavy atom. The molecule has 190 valence electrons. The van der Waals surface area contributed by atoms with Crippen molar-refractivity contribution in [1.29, 1.82) is 0 Å². The third-order valence-corrected chi connectivity index (χ3v) is 8.33. The number of amides is 1. The number of piperazine rings is 1. The van der Waals surface area contributed by atoms with Crippen LogP contribution < -0.4 is 4.74 Å². The van der Waals surface area contributed by atoms with E-state index in [1.54, 1.807) is 17.0 Å². The maximum Gasteiger partial charge on any atom is 0.243 e. The number of hydrogen-bond donors (Lipinski definition) is 0. The molecule has 1 heterocycles. The Balaban J connectivity index is 1.43. The molecule has 1 saturated heterocycles. The van der Waals surface area contributed by atoms with Crippen LogP contribution in [0.1, 0.15) is 11.1 Å². The summed E-state index contributed by atoms with van der Waals surface area (Å²) in [5.74, 6) is 0.411. The van der Waals surface area contributed by atoms with Gasteiger partial charge in [0, 0.05) is 39.3 Å². The van der Waals surface area contributed by atoms with Crippen molar-refractivity contribution in [2.75, 3.05) is 46.4 Å². The number of ether oxygens (including phenoxy) is 1. The molecule has 3 aromatic carbocycles. The normalized spacial score (nSPS) is 14.7. The summed E-state index contributed by atoms with van der Waals surface area (Å²) in [6, 6.07) is 26.3. The van der Waals surface area contributed by atoms with Crippen molar-refractivity contribution in [2.45, 2.75) is 17.9 Å². The molecule has 1 amide bonds. The molecule has 36 heavy (non-hydrogen) atoms. The van der Waals surface area contributed by atoms with E-state index in [1.165, 1.54) is 29.1 Å². The van der Waals surface area contributed by atoms with E-state index in [0.717, 1.165) is 25.2 Å². The van der Waals surface area contributed by atoms with E-state index in [2.05, 4.69) is 17.0 Å². The maximum atomic E-state index is 13.5. The zero-order valence-electron chi connectivity index (χ0n) is 20.6. The average Bonchev–Trinajstić information content (AvgIpc) is 2.92. The number of nitrogens with zero attached hydrogens (tertiary/aromatic N) is 3. The summed E-state index contributed by atoms with van der Waals surface area (Å²) in [5, 5.41) is 0. The van der Waals surface area contributed by atoms with Crippen LogP contribution in [0.3, 0.4) is 0 Å². The predicted molar refractivity (Wildman–Crippen MR) is 140 cm³/mol. The van der Waals surface area contributed by atoms with Gasteiger partial charge < -0.3 is 9.64 Å². The molecule has 1 fully saturated rings. The Morgan fingerprint density at radius 1 is 0.833 bits per heavy atom. The fourth-order valence-electron chi connectivity index (χ4n) is 4.33. The van der Waals surface area contributed by atoms with Crippen molar-refractivity contribution in [1.82, 2.24) is 14.1 Å². The molecule has 0 radical (unpaired) electrons. The summed E-state index contributed by atoms with van der Waals surface area (Å²) in [5.41, 5.74) is 2.27. The van der Waals surface area contributed by atoms with Crippen LogP contribution in [0.2, 0.25) is 0 Å². The topological polar surface area (TPSA) is 70.2 Å². The molecule has 0 bridgehead atoms. The number of sulfonamides is 1. The number of carbonyl (C=O) groups is 1. The lowest BCUT2D eigenvalue weighted by Crippen LogP contribution is -2.51. The number of hydrogen-bond acceptors (Lipinski definition) is 5. The Labute approximate surface area is 214 Å². The second kappa shape index (κ2) is 12.2. The Morgan fingerprint density at radius 2 is 1.42 bits per heavy atom. The minimum absolute atomic E-state index is 0.150. The predicted octanol–water partition coefficient (Wildman–Crippen LogP) is 3.27. The number of benzene rings is 3. The van der Waals surface area contributed by atoms with Gasteiger partial charge in [-0.25, -0.2) is 8.42 Å². The van der Waals surface area contributed by atoms with Crippen molar-refractivity contribution < 1.29 is 17.9 Å². The molecule has 1 aliphatic rings. The largest absolute Gasteiger partial charge is 0.497 e. The Kier molecular flexibility index (Phi) is 8.74. The van der Waals surface area contributed by atoms with Crippen LogP contribution in [0.25, 0.3) is 0 Å². The van der Waals surface area contributed by atoms with Crippen LogP contribution in [0.5, 0.6) is 5.75 Å². The first kappa shape index (κ1) is 25.9. The van der Waals surface area contributed by atoms with E-state index in [9.17, 15) is 13.2 Å². The molecular weight excluding hydrogens is 474 g/mol. The molecule has 0 N–H and O–H groups in total. The van der Waals surface area contributed by atoms with Crippen molar-refractivity contribution in [2.24, 2.45) is 0 Å². The van der Waals surface area contributed by atoms with Gasteiger partial charge in [0.25, 0.3) is 0 Å². The van der Waals surface area contributed by atoms with Gasteiger partial charge in [-0.3, -0.25) is 9.69 Å². The van der Waals surface area contributed by atoms with E-state index in [0.29, 0.717) is 25.3 Å². The zero-order chi connectivity index (χ0) is 25.4. The molecule has 7 nitrogen and oxygen atoms in total. The fraction of sp³-hybridized carbons (Fsp3) is 0.321. The first-order valence-corrected chi connectivity index (χ1v) is 13.6. The summed E-state index contributed by atoms with van der Waals surface area (Å²) in [4.78, 5) is 17.5. The molecule has 1 aliphatic heterocycles. The van der Waals surface area contributed by atoms with Gasteiger partial charge in [-0.2, -0.15) is 4.31 Å².